The molecule has 1 heterocycles. The summed E-state index contributed by atoms with van der Waals surface area (Å²) in [5, 5.41) is 1.75. The van der Waals surface area contributed by atoms with Crippen molar-refractivity contribution < 1.29 is 4.57 Å². The van der Waals surface area contributed by atoms with Crippen molar-refractivity contribution in [1.29, 1.82) is 0 Å². The molecule has 3 aromatic rings. The Morgan fingerprint density at radius 2 is 1.41 bits per heavy atom. The molecule has 4 rings (SSSR count). The number of hydrogen-bond acceptors (Lipinski definition) is 1. The summed E-state index contributed by atoms with van der Waals surface area (Å²) in [5.41, 5.74) is 3.46. The Kier molecular flexibility index (Phi) is 4.86. The van der Waals surface area contributed by atoms with E-state index in [-0.39, 0.29) is 6.04 Å². The molecule has 0 N–H and O–H groups in total. The van der Waals surface area contributed by atoms with Crippen LogP contribution in [0.25, 0.3) is 5.57 Å². The van der Waals surface area contributed by atoms with Crippen LogP contribution in [-0.4, -0.2) is 11.2 Å². The fourth-order valence-electron chi connectivity index (χ4n) is 4.09. The van der Waals surface area contributed by atoms with Gasteiger partial charge in [0.2, 0.25) is 7.29 Å². The van der Waals surface area contributed by atoms with Gasteiger partial charge in [-0.15, -0.1) is 0 Å². The number of fused-ring (bicyclic) bond motifs is 1. The van der Waals surface area contributed by atoms with Crippen LogP contribution in [0, 0.1) is 0 Å². The Balaban J connectivity index is 1.94. The molecular weight excluding hydrogens is 349 g/mol. The fraction of sp³-hybridized carbons (Fsp3) is 0.167. The monoisotopic (exact) mass is 373 g/mol. The number of benzene rings is 3. The lowest BCUT2D eigenvalue weighted by atomic mass is 9.90. The summed E-state index contributed by atoms with van der Waals surface area (Å²) in [4.78, 5) is 0. The van der Waals surface area contributed by atoms with E-state index in [1.54, 1.807) is 0 Å². The van der Waals surface area contributed by atoms with Gasteiger partial charge in [-0.2, -0.15) is 0 Å². The maximum Gasteiger partial charge on any atom is 0.208 e. The lowest BCUT2D eigenvalue weighted by Crippen LogP contribution is -2.38. The molecule has 136 valence electrons. The first-order chi connectivity index (χ1) is 13.2. The second-order valence-corrected chi connectivity index (χ2v) is 9.66. The minimum absolute atomic E-state index is 0.0953. The molecule has 2 nitrogen and oxygen atoms in total. The fourth-order valence-corrected chi connectivity index (χ4v) is 7.19. The van der Waals surface area contributed by atoms with Crippen LogP contribution >= 0.6 is 7.29 Å². The first-order valence-electron chi connectivity index (χ1n) is 9.41. The summed E-state index contributed by atoms with van der Waals surface area (Å²) < 4.78 is 17.0. The first-order valence-corrected chi connectivity index (χ1v) is 11.1. The molecule has 0 saturated carbocycles. The van der Waals surface area contributed by atoms with Gasteiger partial charge in [-0.1, -0.05) is 74.2 Å². The summed E-state index contributed by atoms with van der Waals surface area (Å²) >= 11 is 0. The lowest BCUT2D eigenvalue weighted by molar-refractivity contribution is 0.342. The molecule has 0 unspecified atom stereocenters. The molecule has 0 aliphatic carbocycles. The van der Waals surface area contributed by atoms with Crippen LogP contribution in [-0.2, 0) is 4.57 Å². The Morgan fingerprint density at radius 3 is 1.96 bits per heavy atom. The number of rotatable bonds is 4. The van der Waals surface area contributed by atoms with E-state index < -0.39 is 7.29 Å². The van der Waals surface area contributed by atoms with E-state index in [1.807, 2.05) is 60.7 Å². The van der Waals surface area contributed by atoms with Crippen molar-refractivity contribution in [2.45, 2.75) is 19.4 Å². The Labute approximate surface area is 161 Å². The maximum absolute atomic E-state index is 14.8. The van der Waals surface area contributed by atoms with Crippen molar-refractivity contribution in [2.24, 2.45) is 0 Å². The highest BCUT2D eigenvalue weighted by Gasteiger charge is 2.42. The normalized spacial score (nSPS) is 17.5. The second kappa shape index (κ2) is 7.31. The van der Waals surface area contributed by atoms with Gasteiger partial charge in [0, 0.05) is 23.2 Å². The molecule has 0 radical (unpaired) electrons. The maximum atomic E-state index is 14.8. The van der Waals surface area contributed by atoms with Gasteiger partial charge >= 0.3 is 0 Å². The molecule has 1 atom stereocenters. The third kappa shape index (κ3) is 3.00. The molecule has 27 heavy (non-hydrogen) atoms. The Bertz CT molecular complexity index is 954. The highest BCUT2D eigenvalue weighted by atomic mass is 31.2. The van der Waals surface area contributed by atoms with E-state index in [0.717, 1.165) is 22.6 Å². The van der Waals surface area contributed by atoms with E-state index in [0.29, 0.717) is 6.54 Å². The van der Waals surface area contributed by atoms with E-state index in [2.05, 4.69) is 42.4 Å². The van der Waals surface area contributed by atoms with Crippen molar-refractivity contribution in [3.05, 3.63) is 103 Å². The number of hydrogen-bond donors (Lipinski definition) is 0. The van der Waals surface area contributed by atoms with Crippen molar-refractivity contribution in [1.82, 2.24) is 4.67 Å². The quantitative estimate of drug-likeness (QED) is 0.571. The van der Waals surface area contributed by atoms with E-state index in [1.165, 1.54) is 11.1 Å². The van der Waals surface area contributed by atoms with Crippen molar-refractivity contribution in [3.63, 3.8) is 0 Å². The zero-order valence-corrected chi connectivity index (χ0v) is 16.5. The SMILES string of the molecule is C=C1CN(P(=O)(c2ccccc2)c2ccccc2)[C@@H](CC)c2ccccc21. The van der Waals surface area contributed by atoms with Gasteiger partial charge in [0.05, 0.1) is 0 Å². The Hall–Kier alpha value is -2.41. The minimum atomic E-state index is -2.99. The third-order valence-corrected chi connectivity index (χ3v) is 8.51. The zero-order valence-electron chi connectivity index (χ0n) is 15.6. The predicted molar refractivity (Wildman–Crippen MR) is 115 cm³/mol. The number of nitrogens with zero attached hydrogens (tertiary/aromatic N) is 1. The topological polar surface area (TPSA) is 20.3 Å². The van der Waals surface area contributed by atoms with Gasteiger partial charge in [-0.3, -0.25) is 4.57 Å². The summed E-state index contributed by atoms with van der Waals surface area (Å²) in [7, 11) is -2.99. The van der Waals surface area contributed by atoms with Gasteiger partial charge in [0.1, 0.15) is 0 Å². The van der Waals surface area contributed by atoms with Gasteiger partial charge < -0.3 is 0 Å². The molecule has 1 aliphatic rings. The van der Waals surface area contributed by atoms with Crippen LogP contribution in [0.1, 0.15) is 30.5 Å². The smallest absolute Gasteiger partial charge is 0.208 e. The largest absolute Gasteiger partial charge is 0.296 e. The van der Waals surface area contributed by atoms with Gasteiger partial charge in [-0.25, -0.2) is 4.67 Å². The van der Waals surface area contributed by atoms with Crippen LogP contribution in [0.3, 0.4) is 0 Å². The van der Waals surface area contributed by atoms with Crippen molar-refractivity contribution in [2.75, 3.05) is 6.54 Å². The lowest BCUT2D eigenvalue weighted by Gasteiger charge is -2.42. The summed E-state index contributed by atoms with van der Waals surface area (Å²) in [6, 6.07) is 28.3. The zero-order chi connectivity index (χ0) is 18.9. The van der Waals surface area contributed by atoms with E-state index in [4.69, 9.17) is 0 Å². The first kappa shape index (κ1) is 18.0. The molecule has 3 aromatic carbocycles. The molecule has 3 heteroatoms. The van der Waals surface area contributed by atoms with Gasteiger partial charge in [0.15, 0.2) is 0 Å². The van der Waals surface area contributed by atoms with Crippen LogP contribution < -0.4 is 10.6 Å². The average molecular weight is 373 g/mol. The van der Waals surface area contributed by atoms with Gasteiger partial charge in [-0.05, 0) is 47.4 Å². The van der Waals surface area contributed by atoms with Gasteiger partial charge in [0.25, 0.3) is 0 Å². The highest BCUT2D eigenvalue weighted by molar-refractivity contribution is 7.76. The molecule has 0 amide bonds. The predicted octanol–water partition coefficient (Wildman–Crippen LogP) is 5.40. The molecule has 0 spiro atoms. The molecule has 0 fully saturated rings. The minimum Gasteiger partial charge on any atom is -0.296 e. The molecular formula is C24H24NOP. The molecule has 1 aliphatic heterocycles. The summed E-state index contributed by atoms with van der Waals surface area (Å²) in [5.74, 6) is 0. The second-order valence-electron chi connectivity index (χ2n) is 6.96. The Morgan fingerprint density at radius 1 is 0.889 bits per heavy atom. The van der Waals surface area contributed by atoms with Crippen LogP contribution in [0.2, 0.25) is 0 Å². The van der Waals surface area contributed by atoms with Crippen LogP contribution in [0.15, 0.2) is 91.5 Å². The summed E-state index contributed by atoms with van der Waals surface area (Å²) in [6.45, 7) is 7.09. The molecule has 0 bridgehead atoms. The average Bonchev–Trinajstić information content (AvgIpc) is 2.74. The third-order valence-electron chi connectivity index (χ3n) is 5.37. The van der Waals surface area contributed by atoms with Crippen molar-refractivity contribution >= 4 is 23.5 Å². The van der Waals surface area contributed by atoms with Crippen LogP contribution in [0.5, 0.6) is 0 Å². The van der Waals surface area contributed by atoms with E-state index in [9.17, 15) is 4.57 Å². The van der Waals surface area contributed by atoms with E-state index >= 15 is 0 Å². The highest BCUT2D eigenvalue weighted by Crippen LogP contribution is 2.55. The summed E-state index contributed by atoms with van der Waals surface area (Å²) in [6.07, 6.45) is 0.897. The standard InChI is InChI=1S/C24H24NOP/c1-3-24-23-17-11-10-16-22(23)19(2)18-25(24)27(26,20-12-6-4-7-13-20)21-14-8-5-9-15-21/h4-17,24H,2-3,18H2,1H3/t24-/m0/s1. The van der Waals surface area contributed by atoms with Crippen LogP contribution in [0.4, 0.5) is 0 Å². The van der Waals surface area contributed by atoms with Crippen molar-refractivity contribution in [3.8, 4) is 0 Å². The molecule has 0 saturated heterocycles. The molecule has 0 aromatic heterocycles.